The molecule has 1 saturated heterocycles. The molecular formula is C17H24BrClN2O2. The van der Waals surface area contributed by atoms with Crippen molar-refractivity contribution in [2.45, 2.75) is 39.3 Å². The molecule has 6 heteroatoms. The molecule has 0 spiro atoms. The Morgan fingerprint density at radius 2 is 2.22 bits per heavy atom. The van der Waals surface area contributed by atoms with Gasteiger partial charge in [-0.1, -0.05) is 27.5 Å². The number of benzene rings is 1. The molecule has 0 aliphatic carbocycles. The zero-order chi connectivity index (χ0) is 17.0. The highest BCUT2D eigenvalue weighted by Crippen LogP contribution is 2.22. The van der Waals surface area contributed by atoms with Crippen molar-refractivity contribution in [2.75, 3.05) is 19.6 Å². The predicted octanol–water partition coefficient (Wildman–Crippen LogP) is 4.45. The van der Waals surface area contributed by atoms with Crippen LogP contribution in [0.5, 0.6) is 0 Å². The van der Waals surface area contributed by atoms with Crippen LogP contribution in [0.4, 0.5) is 4.79 Å². The summed E-state index contributed by atoms with van der Waals surface area (Å²) in [6.07, 6.45) is 0.792. The SMILES string of the molecule is CC(C)(C)OC(=O)N1CCC(CNCc2cc(Cl)ccc2Br)C1. The van der Waals surface area contributed by atoms with Crippen molar-refractivity contribution in [1.82, 2.24) is 10.2 Å². The molecule has 23 heavy (non-hydrogen) atoms. The van der Waals surface area contributed by atoms with E-state index in [0.717, 1.165) is 47.7 Å². The number of likely N-dealkylation sites (tertiary alicyclic amines) is 1. The van der Waals surface area contributed by atoms with Crippen molar-refractivity contribution in [3.8, 4) is 0 Å². The number of amides is 1. The highest BCUT2D eigenvalue weighted by molar-refractivity contribution is 9.10. The zero-order valence-electron chi connectivity index (χ0n) is 13.9. The maximum absolute atomic E-state index is 12.0. The number of ether oxygens (including phenoxy) is 1. The smallest absolute Gasteiger partial charge is 0.410 e. The van der Waals surface area contributed by atoms with Crippen LogP contribution in [0.3, 0.4) is 0 Å². The molecule has 1 amide bonds. The summed E-state index contributed by atoms with van der Waals surface area (Å²) in [4.78, 5) is 13.8. The molecule has 1 fully saturated rings. The van der Waals surface area contributed by atoms with E-state index in [9.17, 15) is 4.79 Å². The van der Waals surface area contributed by atoms with Crippen LogP contribution in [0.15, 0.2) is 22.7 Å². The maximum Gasteiger partial charge on any atom is 0.410 e. The molecule has 0 radical (unpaired) electrons. The standard InChI is InChI=1S/C17H24BrClN2O2/c1-17(2,3)23-16(22)21-7-6-12(11-21)9-20-10-13-8-14(19)4-5-15(13)18/h4-5,8,12,20H,6-7,9-11H2,1-3H3. The topological polar surface area (TPSA) is 41.6 Å². The van der Waals surface area contributed by atoms with Gasteiger partial charge in [-0.05, 0) is 56.9 Å². The fraction of sp³-hybridized carbons (Fsp3) is 0.588. The maximum atomic E-state index is 12.0. The molecular weight excluding hydrogens is 380 g/mol. The summed E-state index contributed by atoms with van der Waals surface area (Å²) < 4.78 is 6.47. The lowest BCUT2D eigenvalue weighted by molar-refractivity contribution is 0.0288. The highest BCUT2D eigenvalue weighted by atomic mass is 79.9. The number of nitrogens with zero attached hydrogens (tertiary/aromatic N) is 1. The number of carbonyl (C=O) groups excluding carboxylic acids is 1. The second-order valence-corrected chi connectivity index (χ2v) is 8.24. The molecule has 0 aromatic heterocycles. The van der Waals surface area contributed by atoms with Gasteiger partial charge in [0.05, 0.1) is 0 Å². The van der Waals surface area contributed by atoms with Gasteiger partial charge in [0.15, 0.2) is 0 Å². The minimum absolute atomic E-state index is 0.211. The van der Waals surface area contributed by atoms with E-state index in [1.807, 2.05) is 39.0 Å². The molecule has 1 aromatic rings. The normalized spacial score (nSPS) is 18.3. The lowest BCUT2D eigenvalue weighted by atomic mass is 10.1. The summed E-state index contributed by atoms with van der Waals surface area (Å²) in [6.45, 7) is 8.82. The Kier molecular flexibility index (Phi) is 6.34. The van der Waals surface area contributed by atoms with Gasteiger partial charge in [-0.15, -0.1) is 0 Å². The van der Waals surface area contributed by atoms with Crippen molar-refractivity contribution in [2.24, 2.45) is 5.92 Å². The first kappa shape index (κ1) is 18.6. The number of hydrogen-bond donors (Lipinski definition) is 1. The lowest BCUT2D eigenvalue weighted by Gasteiger charge is -2.24. The summed E-state index contributed by atoms with van der Waals surface area (Å²) in [6, 6.07) is 5.78. The van der Waals surface area contributed by atoms with Gasteiger partial charge < -0.3 is 15.0 Å². The van der Waals surface area contributed by atoms with Crippen molar-refractivity contribution in [3.05, 3.63) is 33.3 Å². The minimum Gasteiger partial charge on any atom is -0.444 e. The molecule has 1 unspecified atom stereocenters. The number of carbonyl (C=O) groups is 1. The number of rotatable bonds is 4. The Morgan fingerprint density at radius 3 is 2.91 bits per heavy atom. The Bertz CT molecular complexity index is 560. The van der Waals surface area contributed by atoms with Crippen LogP contribution in [0.25, 0.3) is 0 Å². The molecule has 0 bridgehead atoms. The summed E-state index contributed by atoms with van der Waals surface area (Å²) in [5.74, 6) is 0.459. The van der Waals surface area contributed by atoms with Gasteiger partial charge in [-0.3, -0.25) is 0 Å². The lowest BCUT2D eigenvalue weighted by Crippen LogP contribution is -2.36. The van der Waals surface area contributed by atoms with Gasteiger partial charge >= 0.3 is 6.09 Å². The van der Waals surface area contributed by atoms with Crippen LogP contribution in [0, 0.1) is 5.92 Å². The fourth-order valence-electron chi connectivity index (χ4n) is 2.58. The molecule has 0 saturated carbocycles. The predicted molar refractivity (Wildman–Crippen MR) is 96.8 cm³/mol. The molecule has 2 rings (SSSR count). The molecule has 1 N–H and O–H groups in total. The first-order valence-electron chi connectivity index (χ1n) is 7.87. The monoisotopic (exact) mass is 402 g/mol. The van der Waals surface area contributed by atoms with Crippen LogP contribution >= 0.6 is 27.5 Å². The van der Waals surface area contributed by atoms with Gasteiger partial charge in [0.1, 0.15) is 5.60 Å². The van der Waals surface area contributed by atoms with Gasteiger partial charge in [-0.25, -0.2) is 4.79 Å². The summed E-state index contributed by atoms with van der Waals surface area (Å²) >= 11 is 9.56. The van der Waals surface area contributed by atoms with Crippen LogP contribution in [0.2, 0.25) is 5.02 Å². The van der Waals surface area contributed by atoms with Gasteiger partial charge in [0.25, 0.3) is 0 Å². The molecule has 1 aliphatic rings. The third-order valence-corrected chi connectivity index (χ3v) is 4.70. The van der Waals surface area contributed by atoms with E-state index in [1.54, 1.807) is 4.90 Å². The largest absolute Gasteiger partial charge is 0.444 e. The van der Waals surface area contributed by atoms with Crippen LogP contribution in [0.1, 0.15) is 32.8 Å². The molecule has 1 aromatic carbocycles. The number of halogens is 2. The van der Waals surface area contributed by atoms with E-state index in [1.165, 1.54) is 0 Å². The number of hydrogen-bond acceptors (Lipinski definition) is 3. The Balaban J connectivity index is 1.76. The molecule has 1 heterocycles. The van der Waals surface area contributed by atoms with Gasteiger partial charge in [0.2, 0.25) is 0 Å². The zero-order valence-corrected chi connectivity index (χ0v) is 16.2. The van der Waals surface area contributed by atoms with Crippen LogP contribution in [-0.4, -0.2) is 36.2 Å². The third kappa shape index (κ3) is 5.98. The third-order valence-electron chi connectivity index (χ3n) is 3.69. The second kappa shape index (κ2) is 7.86. The second-order valence-electron chi connectivity index (χ2n) is 6.95. The first-order chi connectivity index (χ1) is 10.7. The van der Waals surface area contributed by atoms with E-state index in [-0.39, 0.29) is 6.09 Å². The van der Waals surface area contributed by atoms with Crippen molar-refractivity contribution < 1.29 is 9.53 Å². The van der Waals surface area contributed by atoms with Crippen LogP contribution in [-0.2, 0) is 11.3 Å². The van der Waals surface area contributed by atoms with E-state index >= 15 is 0 Å². The van der Waals surface area contributed by atoms with Crippen molar-refractivity contribution in [1.29, 1.82) is 0 Å². The van der Waals surface area contributed by atoms with E-state index < -0.39 is 5.60 Å². The van der Waals surface area contributed by atoms with Crippen molar-refractivity contribution >= 4 is 33.6 Å². The van der Waals surface area contributed by atoms with Gasteiger partial charge in [-0.2, -0.15) is 0 Å². The highest BCUT2D eigenvalue weighted by Gasteiger charge is 2.29. The van der Waals surface area contributed by atoms with Crippen LogP contribution < -0.4 is 5.32 Å². The molecule has 128 valence electrons. The molecule has 4 nitrogen and oxygen atoms in total. The Labute approximate surface area is 151 Å². The summed E-state index contributed by atoms with van der Waals surface area (Å²) in [5, 5.41) is 4.19. The summed E-state index contributed by atoms with van der Waals surface area (Å²) in [5.41, 5.74) is 0.700. The fourth-order valence-corrected chi connectivity index (χ4v) is 3.16. The van der Waals surface area contributed by atoms with Crippen molar-refractivity contribution in [3.63, 3.8) is 0 Å². The quantitative estimate of drug-likeness (QED) is 0.807. The Morgan fingerprint density at radius 1 is 1.48 bits per heavy atom. The molecule has 1 aliphatic heterocycles. The average molecular weight is 404 g/mol. The van der Waals surface area contributed by atoms with E-state index in [4.69, 9.17) is 16.3 Å². The van der Waals surface area contributed by atoms with E-state index in [0.29, 0.717) is 5.92 Å². The Hall–Kier alpha value is -0.780. The average Bonchev–Trinajstić information content (AvgIpc) is 2.90. The first-order valence-corrected chi connectivity index (χ1v) is 9.04. The van der Waals surface area contributed by atoms with E-state index in [2.05, 4.69) is 21.2 Å². The minimum atomic E-state index is -0.438. The number of nitrogens with one attached hydrogen (secondary N) is 1. The van der Waals surface area contributed by atoms with Gasteiger partial charge in [0, 0.05) is 35.7 Å². The molecule has 1 atom stereocenters. The summed E-state index contributed by atoms with van der Waals surface area (Å²) in [7, 11) is 0.